The number of hydrogen-bond acceptors (Lipinski definition) is 8. The van der Waals surface area contributed by atoms with Crippen molar-refractivity contribution >= 4 is 53.2 Å². The van der Waals surface area contributed by atoms with E-state index in [-0.39, 0.29) is 11.9 Å². The Morgan fingerprint density at radius 2 is 1.91 bits per heavy atom. The minimum atomic E-state index is -0.176. The molecule has 1 unspecified atom stereocenters. The minimum absolute atomic E-state index is 0.0568. The number of ether oxygens (including phenoxy) is 1. The number of aromatic hydroxyl groups is 1. The van der Waals surface area contributed by atoms with E-state index in [9.17, 15) is 5.11 Å². The van der Waals surface area contributed by atoms with E-state index in [2.05, 4.69) is 40.8 Å². The molecule has 4 rings (SSSR count). The molecular weight excluding hydrogens is 468 g/mol. The average Bonchev–Trinajstić information content (AvgIpc) is 3.34. The molecule has 35 heavy (non-hydrogen) atoms. The first-order valence-electron chi connectivity index (χ1n) is 11.4. The summed E-state index contributed by atoms with van der Waals surface area (Å²) in [4.78, 5) is 20.5. The first-order valence-corrected chi connectivity index (χ1v) is 11.8. The number of rotatable bonds is 5. The van der Waals surface area contributed by atoms with Crippen LogP contribution in [0.5, 0.6) is 5.75 Å². The maximum Gasteiger partial charge on any atom is 0.142 e. The van der Waals surface area contributed by atoms with Gasteiger partial charge in [0.05, 0.1) is 29.6 Å². The van der Waals surface area contributed by atoms with Gasteiger partial charge in [-0.15, -0.1) is 0 Å². The number of aliphatic imine (C=N–C) groups is 1. The molecule has 2 heterocycles. The van der Waals surface area contributed by atoms with Gasteiger partial charge in [0.15, 0.2) is 0 Å². The molecule has 0 bridgehead atoms. The molecule has 0 amide bonds. The quantitative estimate of drug-likeness (QED) is 0.283. The molecule has 1 aromatic heterocycles. The van der Waals surface area contributed by atoms with Crippen LogP contribution in [-0.4, -0.2) is 53.0 Å². The fourth-order valence-corrected chi connectivity index (χ4v) is 3.34. The largest absolute Gasteiger partial charge is 0.506 e. The molecule has 0 saturated carbocycles. The Morgan fingerprint density at radius 1 is 1.20 bits per heavy atom. The number of nitrogens with zero attached hydrogens (tertiary/aromatic N) is 3. The summed E-state index contributed by atoms with van der Waals surface area (Å²) in [6, 6.07) is 8.61. The standard InChI is InChI=1S/C16H13ClN4O.C5H12.C4H8O2.CH2O/c1-9-5-11(18-2)7-13-15(9)16(20-8-19-13)21-12-4-3-10(17)6-14(12)22;1-3-5-4-2;5-4-1-2-6-3-4;1-2/h3-8,22H,2H2,1H3,(H,19,20,21);3-5H2,1-2H3;4-5H,1-3H2;1H2. The van der Waals surface area contributed by atoms with Gasteiger partial charge in [0.1, 0.15) is 24.7 Å². The van der Waals surface area contributed by atoms with Crippen molar-refractivity contribution in [2.75, 3.05) is 18.5 Å². The van der Waals surface area contributed by atoms with Crippen LogP contribution < -0.4 is 5.32 Å². The fourth-order valence-electron chi connectivity index (χ4n) is 3.17. The van der Waals surface area contributed by atoms with Gasteiger partial charge in [0.2, 0.25) is 0 Å². The second-order valence-corrected chi connectivity index (χ2v) is 8.13. The van der Waals surface area contributed by atoms with Gasteiger partial charge in [-0.1, -0.05) is 44.7 Å². The molecule has 3 N–H and O–H groups in total. The Morgan fingerprint density at radius 3 is 2.40 bits per heavy atom. The summed E-state index contributed by atoms with van der Waals surface area (Å²) >= 11 is 5.84. The summed E-state index contributed by atoms with van der Waals surface area (Å²) in [5, 5.41) is 23.0. The van der Waals surface area contributed by atoms with Crippen molar-refractivity contribution in [1.82, 2.24) is 9.97 Å². The Bertz CT molecular complexity index is 1060. The number of anilines is 2. The lowest BCUT2D eigenvalue weighted by molar-refractivity contribution is -0.0980. The minimum Gasteiger partial charge on any atom is -0.506 e. The highest BCUT2D eigenvalue weighted by Gasteiger charge is 2.11. The molecule has 190 valence electrons. The van der Waals surface area contributed by atoms with Crippen LogP contribution in [0.15, 0.2) is 41.7 Å². The zero-order chi connectivity index (χ0) is 26.2. The zero-order valence-electron chi connectivity index (χ0n) is 20.6. The van der Waals surface area contributed by atoms with E-state index in [0.717, 1.165) is 35.2 Å². The van der Waals surface area contributed by atoms with E-state index >= 15 is 0 Å². The number of aromatic nitrogens is 2. The first kappa shape index (κ1) is 30.0. The molecular formula is C26H35ClN4O4. The second kappa shape index (κ2) is 16.5. The zero-order valence-corrected chi connectivity index (χ0v) is 21.4. The molecule has 1 aliphatic heterocycles. The van der Waals surface area contributed by atoms with Crippen LogP contribution in [-0.2, 0) is 9.53 Å². The van der Waals surface area contributed by atoms with E-state index in [4.69, 9.17) is 26.2 Å². The van der Waals surface area contributed by atoms with Crippen LogP contribution in [0.3, 0.4) is 0 Å². The van der Waals surface area contributed by atoms with Crippen LogP contribution >= 0.6 is 11.6 Å². The predicted octanol–water partition coefficient (Wildman–Crippen LogP) is 6.15. The number of phenolic OH excluding ortho intramolecular Hbond substituents is 1. The molecule has 0 spiro atoms. The van der Waals surface area contributed by atoms with Crippen molar-refractivity contribution < 1.29 is 19.7 Å². The number of aliphatic hydroxyl groups is 1. The van der Waals surface area contributed by atoms with Crippen molar-refractivity contribution in [2.45, 2.75) is 52.6 Å². The Labute approximate surface area is 212 Å². The van der Waals surface area contributed by atoms with E-state index < -0.39 is 0 Å². The van der Waals surface area contributed by atoms with Crippen molar-refractivity contribution in [3.8, 4) is 5.75 Å². The van der Waals surface area contributed by atoms with Gasteiger partial charge < -0.3 is 25.1 Å². The monoisotopic (exact) mass is 502 g/mol. The summed E-state index contributed by atoms with van der Waals surface area (Å²) in [7, 11) is 0. The summed E-state index contributed by atoms with van der Waals surface area (Å²) in [5.41, 5.74) is 3.00. The molecule has 3 aromatic rings. The third-order valence-corrected chi connectivity index (χ3v) is 5.16. The number of unbranched alkanes of at least 4 members (excludes halogenated alkanes) is 2. The Kier molecular flexibility index (Phi) is 14.2. The fraction of sp³-hybridized carbons (Fsp3) is 0.385. The molecule has 8 nitrogen and oxygen atoms in total. The second-order valence-electron chi connectivity index (χ2n) is 7.69. The van der Waals surface area contributed by atoms with Gasteiger partial charge in [0.25, 0.3) is 0 Å². The van der Waals surface area contributed by atoms with Crippen molar-refractivity contribution in [2.24, 2.45) is 4.99 Å². The maximum atomic E-state index is 9.96. The number of hydrogen-bond donors (Lipinski definition) is 3. The molecule has 1 saturated heterocycles. The molecule has 0 aliphatic carbocycles. The van der Waals surface area contributed by atoms with E-state index in [1.54, 1.807) is 12.1 Å². The number of carbonyl (C=O) groups excluding carboxylic acids is 1. The highest BCUT2D eigenvalue weighted by Crippen LogP contribution is 2.33. The molecule has 2 aromatic carbocycles. The topological polar surface area (TPSA) is 117 Å². The lowest BCUT2D eigenvalue weighted by Gasteiger charge is -2.12. The summed E-state index contributed by atoms with van der Waals surface area (Å²) in [5.74, 6) is 0.664. The molecule has 9 heteroatoms. The molecule has 0 radical (unpaired) electrons. The van der Waals surface area contributed by atoms with E-state index in [1.807, 2.05) is 25.8 Å². The van der Waals surface area contributed by atoms with E-state index in [0.29, 0.717) is 23.1 Å². The average molecular weight is 503 g/mol. The number of aliphatic hydroxyl groups excluding tert-OH is 1. The summed E-state index contributed by atoms with van der Waals surface area (Å²) in [6.07, 6.45) is 6.18. The number of phenols is 1. The van der Waals surface area contributed by atoms with Crippen LogP contribution in [0.4, 0.5) is 17.2 Å². The third kappa shape index (κ3) is 9.98. The molecule has 1 aliphatic rings. The smallest absolute Gasteiger partial charge is 0.142 e. The Hall–Kier alpha value is -3.07. The van der Waals surface area contributed by atoms with Gasteiger partial charge >= 0.3 is 0 Å². The third-order valence-electron chi connectivity index (χ3n) is 4.93. The summed E-state index contributed by atoms with van der Waals surface area (Å²) < 4.78 is 4.81. The number of fused-ring (bicyclic) bond motifs is 1. The van der Waals surface area contributed by atoms with Gasteiger partial charge in [0, 0.05) is 23.1 Å². The Balaban J connectivity index is 0.000000388. The van der Waals surface area contributed by atoms with Crippen molar-refractivity contribution in [1.29, 1.82) is 0 Å². The first-order chi connectivity index (χ1) is 16.9. The van der Waals surface area contributed by atoms with Gasteiger partial charge in [-0.25, -0.2) is 9.97 Å². The lowest BCUT2D eigenvalue weighted by atomic mass is 10.1. The summed E-state index contributed by atoms with van der Waals surface area (Å²) in [6.45, 7) is 13.2. The molecule has 1 atom stereocenters. The molecule has 1 fully saturated rings. The number of aryl methyl sites for hydroxylation is 1. The highest BCUT2D eigenvalue weighted by molar-refractivity contribution is 6.30. The van der Waals surface area contributed by atoms with Crippen LogP contribution in [0.1, 0.15) is 45.1 Å². The number of halogens is 1. The predicted molar refractivity (Wildman–Crippen MR) is 144 cm³/mol. The van der Waals surface area contributed by atoms with Crippen molar-refractivity contribution in [3.05, 3.63) is 47.2 Å². The normalized spacial score (nSPS) is 13.9. The van der Waals surface area contributed by atoms with Gasteiger partial charge in [-0.3, -0.25) is 4.99 Å². The van der Waals surface area contributed by atoms with E-state index in [1.165, 1.54) is 31.7 Å². The lowest BCUT2D eigenvalue weighted by Crippen LogP contribution is -2.02. The number of nitrogens with one attached hydrogen (secondary N) is 1. The van der Waals surface area contributed by atoms with Crippen LogP contribution in [0.2, 0.25) is 5.02 Å². The number of carbonyl (C=O) groups is 1. The van der Waals surface area contributed by atoms with Crippen LogP contribution in [0.25, 0.3) is 10.9 Å². The number of benzene rings is 2. The van der Waals surface area contributed by atoms with Gasteiger partial charge in [-0.2, -0.15) is 0 Å². The maximum absolute atomic E-state index is 9.96. The SMILES string of the molecule is C=Nc1cc(C)c2c(Nc3ccc(Cl)cc3O)ncnc2c1.C=O.CCCCC.OC1CCOC1. The van der Waals surface area contributed by atoms with Crippen molar-refractivity contribution in [3.63, 3.8) is 0 Å². The van der Waals surface area contributed by atoms with Crippen LogP contribution in [0, 0.1) is 6.92 Å². The highest BCUT2D eigenvalue weighted by atomic mass is 35.5. The van der Waals surface area contributed by atoms with Gasteiger partial charge in [-0.05, 0) is 49.9 Å².